The summed E-state index contributed by atoms with van der Waals surface area (Å²) in [5, 5.41) is 0.448. The summed E-state index contributed by atoms with van der Waals surface area (Å²) in [6.45, 7) is 5.82. The van der Waals surface area contributed by atoms with E-state index in [-0.39, 0.29) is 17.4 Å². The van der Waals surface area contributed by atoms with E-state index in [1.165, 1.54) is 0 Å². The summed E-state index contributed by atoms with van der Waals surface area (Å²) in [4.78, 5) is 13.7. The number of likely N-dealkylation sites (tertiary alicyclic amines) is 1. The van der Waals surface area contributed by atoms with Gasteiger partial charge in [-0.3, -0.25) is 0 Å². The minimum absolute atomic E-state index is 0.0141. The van der Waals surface area contributed by atoms with Gasteiger partial charge in [-0.05, 0) is 25.0 Å². The van der Waals surface area contributed by atoms with Crippen molar-refractivity contribution in [2.75, 3.05) is 19.7 Å². The Morgan fingerprint density at radius 3 is 2.50 bits per heavy atom. The van der Waals surface area contributed by atoms with Crippen molar-refractivity contribution in [1.29, 1.82) is 0 Å². The van der Waals surface area contributed by atoms with Crippen LogP contribution >= 0.6 is 34.8 Å². The predicted molar refractivity (Wildman–Crippen MR) is 95.5 cm³/mol. The first kappa shape index (κ1) is 18.0. The summed E-state index contributed by atoms with van der Waals surface area (Å²) in [5.41, 5.74) is -0.206. The zero-order valence-electron chi connectivity index (χ0n) is 13.7. The summed E-state index contributed by atoms with van der Waals surface area (Å²) >= 11 is 18.7. The molecule has 1 aromatic rings. The van der Waals surface area contributed by atoms with E-state index in [0.29, 0.717) is 23.1 Å². The van der Waals surface area contributed by atoms with Gasteiger partial charge in [-0.1, -0.05) is 25.4 Å². The van der Waals surface area contributed by atoms with E-state index in [1.807, 2.05) is 13.8 Å². The molecule has 132 valence electrons. The van der Waals surface area contributed by atoms with Crippen LogP contribution in [0.1, 0.15) is 26.7 Å². The van der Waals surface area contributed by atoms with Crippen molar-refractivity contribution in [2.24, 2.45) is 11.3 Å². The predicted octanol–water partition coefficient (Wildman–Crippen LogP) is 5.14. The van der Waals surface area contributed by atoms with Crippen LogP contribution in [0.25, 0.3) is 0 Å². The van der Waals surface area contributed by atoms with Gasteiger partial charge in [0.25, 0.3) is 0 Å². The molecule has 1 aliphatic carbocycles. The maximum Gasteiger partial charge on any atom is 0.415 e. The number of rotatable bonds is 4. The standard InChI is InChI=1S/C17H20Cl3NO3/c1-16(2)14(17(16,19)20)10-23-13-9-11(5-6-12(13)18)24-15(22)21-7-3-4-8-21/h5-6,9,14H,3-4,7-8,10H2,1-2H3. The molecule has 1 heterocycles. The molecule has 1 unspecified atom stereocenters. The molecule has 1 amide bonds. The SMILES string of the molecule is CC1(C)C(COc2cc(OC(=O)N3CCCC3)ccc2Cl)C1(Cl)Cl. The van der Waals surface area contributed by atoms with Crippen LogP contribution in [-0.4, -0.2) is 35.0 Å². The number of halogens is 3. The van der Waals surface area contributed by atoms with E-state index in [0.717, 1.165) is 25.9 Å². The van der Waals surface area contributed by atoms with Crippen LogP contribution in [0.15, 0.2) is 18.2 Å². The average molecular weight is 393 g/mol. The molecule has 0 radical (unpaired) electrons. The summed E-state index contributed by atoms with van der Waals surface area (Å²) in [5.74, 6) is 0.875. The third-order valence-corrected chi connectivity index (χ3v) is 6.78. The van der Waals surface area contributed by atoms with Crippen molar-refractivity contribution in [3.8, 4) is 11.5 Å². The number of carbonyl (C=O) groups excluding carboxylic acids is 1. The Hall–Kier alpha value is -0.840. The van der Waals surface area contributed by atoms with Gasteiger partial charge in [0, 0.05) is 30.5 Å². The summed E-state index contributed by atoms with van der Waals surface area (Å²) in [6, 6.07) is 4.92. The Balaban J connectivity index is 1.63. The lowest BCUT2D eigenvalue weighted by Gasteiger charge is -2.16. The second-order valence-electron chi connectivity index (χ2n) is 6.86. The smallest absolute Gasteiger partial charge is 0.415 e. The van der Waals surface area contributed by atoms with E-state index in [9.17, 15) is 4.79 Å². The second-order valence-corrected chi connectivity index (χ2v) is 8.66. The van der Waals surface area contributed by atoms with Crippen molar-refractivity contribution in [1.82, 2.24) is 4.90 Å². The Bertz CT molecular complexity index is 628. The Morgan fingerprint density at radius 1 is 1.29 bits per heavy atom. The maximum absolute atomic E-state index is 12.1. The lowest BCUT2D eigenvalue weighted by atomic mass is 10.1. The minimum Gasteiger partial charge on any atom is -0.491 e. The first-order valence-electron chi connectivity index (χ1n) is 8.00. The molecule has 2 aliphatic rings. The summed E-state index contributed by atoms with van der Waals surface area (Å²) < 4.78 is 10.4. The highest BCUT2D eigenvalue weighted by Gasteiger charge is 2.70. The molecule has 1 saturated carbocycles. The average Bonchev–Trinajstić information content (AvgIpc) is 2.94. The molecule has 0 spiro atoms. The van der Waals surface area contributed by atoms with Crippen LogP contribution in [0, 0.1) is 11.3 Å². The molecule has 1 saturated heterocycles. The van der Waals surface area contributed by atoms with Gasteiger partial charge in [0.1, 0.15) is 15.8 Å². The van der Waals surface area contributed by atoms with Gasteiger partial charge in [0.05, 0.1) is 11.6 Å². The number of hydrogen-bond donors (Lipinski definition) is 0. The maximum atomic E-state index is 12.1. The first-order valence-corrected chi connectivity index (χ1v) is 9.14. The zero-order valence-corrected chi connectivity index (χ0v) is 15.9. The lowest BCUT2D eigenvalue weighted by molar-refractivity contribution is 0.162. The Morgan fingerprint density at radius 2 is 1.92 bits per heavy atom. The van der Waals surface area contributed by atoms with Gasteiger partial charge in [-0.2, -0.15) is 0 Å². The number of benzene rings is 1. The number of amides is 1. The molecule has 24 heavy (non-hydrogen) atoms. The van der Waals surface area contributed by atoms with Gasteiger partial charge >= 0.3 is 6.09 Å². The van der Waals surface area contributed by atoms with Crippen LogP contribution in [0.3, 0.4) is 0 Å². The van der Waals surface area contributed by atoms with Crippen LogP contribution in [-0.2, 0) is 0 Å². The Kier molecular flexibility index (Phi) is 4.84. The molecule has 4 nitrogen and oxygen atoms in total. The topological polar surface area (TPSA) is 38.8 Å². The normalized spacial score (nSPS) is 23.9. The third-order valence-electron chi connectivity index (χ3n) is 4.96. The van der Waals surface area contributed by atoms with Gasteiger partial charge in [-0.25, -0.2) is 4.79 Å². The molecule has 0 bridgehead atoms. The molecule has 1 aromatic carbocycles. The van der Waals surface area contributed by atoms with E-state index in [4.69, 9.17) is 44.3 Å². The molecule has 1 aliphatic heterocycles. The van der Waals surface area contributed by atoms with Crippen LogP contribution in [0.5, 0.6) is 11.5 Å². The van der Waals surface area contributed by atoms with Gasteiger partial charge in [0.15, 0.2) is 0 Å². The van der Waals surface area contributed by atoms with Crippen molar-refractivity contribution in [3.63, 3.8) is 0 Å². The van der Waals surface area contributed by atoms with E-state index >= 15 is 0 Å². The number of ether oxygens (including phenoxy) is 2. The van der Waals surface area contributed by atoms with Gasteiger partial charge in [0.2, 0.25) is 0 Å². The monoisotopic (exact) mass is 391 g/mol. The fourth-order valence-corrected chi connectivity index (χ4v) is 3.96. The molecule has 0 aromatic heterocycles. The minimum atomic E-state index is -0.792. The molecular formula is C17H20Cl3NO3. The summed E-state index contributed by atoms with van der Waals surface area (Å²) in [7, 11) is 0. The molecule has 0 N–H and O–H groups in total. The highest BCUT2D eigenvalue weighted by Crippen LogP contribution is 2.68. The van der Waals surface area contributed by atoms with Crippen LogP contribution < -0.4 is 9.47 Å². The fourth-order valence-electron chi connectivity index (χ4n) is 2.97. The summed E-state index contributed by atoms with van der Waals surface area (Å²) in [6.07, 6.45) is 1.68. The first-order chi connectivity index (χ1) is 11.2. The van der Waals surface area contributed by atoms with Crippen molar-refractivity contribution in [2.45, 2.75) is 31.0 Å². The Labute approximate surface area is 156 Å². The highest BCUT2D eigenvalue weighted by atomic mass is 35.5. The van der Waals surface area contributed by atoms with E-state index in [1.54, 1.807) is 23.1 Å². The molecule has 3 rings (SSSR count). The van der Waals surface area contributed by atoms with Gasteiger partial charge < -0.3 is 14.4 Å². The lowest BCUT2D eigenvalue weighted by Crippen LogP contribution is -2.30. The van der Waals surface area contributed by atoms with Gasteiger partial charge in [-0.15, -0.1) is 23.2 Å². The molecular weight excluding hydrogens is 373 g/mol. The van der Waals surface area contributed by atoms with Crippen molar-refractivity contribution < 1.29 is 14.3 Å². The molecule has 7 heteroatoms. The number of hydrogen-bond acceptors (Lipinski definition) is 3. The van der Waals surface area contributed by atoms with E-state index in [2.05, 4.69) is 0 Å². The van der Waals surface area contributed by atoms with Crippen molar-refractivity contribution >= 4 is 40.9 Å². The third kappa shape index (κ3) is 3.29. The van der Waals surface area contributed by atoms with Crippen LogP contribution in [0.4, 0.5) is 4.79 Å². The van der Waals surface area contributed by atoms with Crippen LogP contribution in [0.2, 0.25) is 5.02 Å². The quantitative estimate of drug-likeness (QED) is 0.666. The van der Waals surface area contributed by atoms with Crippen molar-refractivity contribution in [3.05, 3.63) is 23.2 Å². The molecule has 1 atom stereocenters. The highest BCUT2D eigenvalue weighted by molar-refractivity contribution is 6.51. The zero-order chi connectivity index (χ0) is 17.5. The number of carbonyl (C=O) groups is 1. The number of alkyl halides is 2. The fraction of sp³-hybridized carbons (Fsp3) is 0.588. The van der Waals surface area contributed by atoms with E-state index < -0.39 is 4.33 Å². The second kappa shape index (κ2) is 6.47. The number of nitrogens with zero attached hydrogens (tertiary/aromatic N) is 1. The molecule has 2 fully saturated rings. The largest absolute Gasteiger partial charge is 0.491 e.